The number of rotatable bonds is 3. The summed E-state index contributed by atoms with van der Waals surface area (Å²) in [6, 6.07) is 2.53. The Kier molecular flexibility index (Phi) is 4.68. The fourth-order valence-electron chi connectivity index (χ4n) is 3.55. The number of nitrogens with two attached hydrogens (primary N) is 1. The Labute approximate surface area is 137 Å². The number of aryl methyl sites for hydroxylation is 1. The molecule has 0 aliphatic heterocycles. The van der Waals surface area contributed by atoms with Gasteiger partial charge in [-0.25, -0.2) is 0 Å². The lowest BCUT2D eigenvalue weighted by atomic mass is 9.99. The molecule has 1 aliphatic rings. The zero-order valence-electron chi connectivity index (χ0n) is 13.7. The lowest BCUT2D eigenvalue weighted by molar-refractivity contribution is 0.372. The molecular formula is C16H25ClN4O. The molecule has 2 aromatic heterocycles. The zero-order valence-corrected chi connectivity index (χ0v) is 14.5. The standard InChI is InChI=1S/C16H24N4O.ClH/c1-10(2)20-11(3)9-13(12(20)4)14-18-15(19-21-14)16(17)7-5-6-8-16;/h9-10H,5-8,17H2,1-4H3;1H. The molecule has 2 heterocycles. The maximum absolute atomic E-state index is 6.40. The second-order valence-corrected chi connectivity index (χ2v) is 6.53. The Morgan fingerprint density at radius 1 is 1.27 bits per heavy atom. The Morgan fingerprint density at radius 3 is 2.45 bits per heavy atom. The highest BCUT2D eigenvalue weighted by atomic mass is 35.5. The van der Waals surface area contributed by atoms with Gasteiger partial charge >= 0.3 is 0 Å². The van der Waals surface area contributed by atoms with Gasteiger partial charge in [-0.1, -0.05) is 18.0 Å². The first-order valence-electron chi connectivity index (χ1n) is 7.74. The number of aromatic nitrogens is 3. The summed E-state index contributed by atoms with van der Waals surface area (Å²) < 4.78 is 7.79. The quantitative estimate of drug-likeness (QED) is 0.930. The predicted molar refractivity (Wildman–Crippen MR) is 89.2 cm³/mol. The van der Waals surface area contributed by atoms with Crippen LogP contribution in [-0.2, 0) is 5.54 Å². The van der Waals surface area contributed by atoms with E-state index in [0.717, 1.165) is 36.9 Å². The van der Waals surface area contributed by atoms with E-state index < -0.39 is 5.54 Å². The summed E-state index contributed by atoms with van der Waals surface area (Å²) in [5.74, 6) is 1.24. The van der Waals surface area contributed by atoms with Crippen molar-refractivity contribution in [2.45, 2.75) is 65.0 Å². The van der Waals surface area contributed by atoms with Gasteiger partial charge in [-0.05, 0) is 46.6 Å². The lowest BCUT2D eigenvalue weighted by Gasteiger charge is -2.17. The van der Waals surface area contributed by atoms with Crippen LogP contribution in [0.3, 0.4) is 0 Å². The van der Waals surface area contributed by atoms with Gasteiger partial charge in [-0.3, -0.25) is 0 Å². The van der Waals surface area contributed by atoms with Gasteiger partial charge in [0.2, 0.25) is 0 Å². The highest BCUT2D eigenvalue weighted by Gasteiger charge is 2.36. The Hall–Kier alpha value is -1.33. The first-order valence-corrected chi connectivity index (χ1v) is 7.74. The molecule has 1 aliphatic carbocycles. The molecule has 2 aromatic rings. The molecule has 6 heteroatoms. The van der Waals surface area contributed by atoms with Crippen LogP contribution in [-0.4, -0.2) is 14.7 Å². The molecule has 0 atom stereocenters. The van der Waals surface area contributed by atoms with Crippen LogP contribution in [0.4, 0.5) is 0 Å². The number of halogens is 1. The lowest BCUT2D eigenvalue weighted by Crippen LogP contribution is -2.34. The molecule has 1 saturated carbocycles. The minimum absolute atomic E-state index is 0. The van der Waals surface area contributed by atoms with Gasteiger partial charge in [0.25, 0.3) is 5.89 Å². The van der Waals surface area contributed by atoms with Crippen LogP contribution < -0.4 is 5.73 Å². The van der Waals surface area contributed by atoms with Gasteiger partial charge in [-0.15, -0.1) is 12.4 Å². The van der Waals surface area contributed by atoms with Crippen molar-refractivity contribution in [3.05, 3.63) is 23.3 Å². The van der Waals surface area contributed by atoms with E-state index >= 15 is 0 Å². The molecule has 0 amide bonds. The Morgan fingerprint density at radius 2 is 1.91 bits per heavy atom. The fourth-order valence-corrected chi connectivity index (χ4v) is 3.55. The van der Waals surface area contributed by atoms with Crippen LogP contribution >= 0.6 is 12.4 Å². The minimum Gasteiger partial charge on any atom is -0.346 e. The molecule has 0 bridgehead atoms. The molecule has 22 heavy (non-hydrogen) atoms. The highest BCUT2D eigenvalue weighted by Crippen LogP contribution is 2.36. The molecule has 0 spiro atoms. The van der Waals surface area contributed by atoms with Crippen molar-refractivity contribution in [1.29, 1.82) is 0 Å². The van der Waals surface area contributed by atoms with E-state index in [9.17, 15) is 0 Å². The molecular weight excluding hydrogens is 300 g/mol. The minimum atomic E-state index is -0.398. The largest absolute Gasteiger partial charge is 0.346 e. The molecule has 0 unspecified atom stereocenters. The number of hydrogen-bond donors (Lipinski definition) is 1. The third kappa shape index (κ3) is 2.68. The van der Waals surface area contributed by atoms with Gasteiger partial charge in [0.05, 0.1) is 11.1 Å². The van der Waals surface area contributed by atoms with E-state index in [-0.39, 0.29) is 12.4 Å². The first-order chi connectivity index (χ1) is 9.92. The SMILES string of the molecule is Cc1cc(-c2nc(C3(N)CCCC3)no2)c(C)n1C(C)C.Cl. The van der Waals surface area contributed by atoms with Crippen molar-refractivity contribution >= 4 is 12.4 Å². The molecule has 0 saturated heterocycles. The average Bonchev–Trinajstić information content (AvgIpc) is 3.09. The van der Waals surface area contributed by atoms with Crippen LogP contribution in [0.2, 0.25) is 0 Å². The summed E-state index contributed by atoms with van der Waals surface area (Å²) in [4.78, 5) is 4.59. The molecule has 5 nitrogen and oxygen atoms in total. The highest BCUT2D eigenvalue weighted by molar-refractivity contribution is 5.85. The molecule has 3 rings (SSSR count). The summed E-state index contributed by atoms with van der Waals surface area (Å²) in [6.45, 7) is 8.56. The van der Waals surface area contributed by atoms with Crippen LogP contribution in [0.25, 0.3) is 11.5 Å². The summed E-state index contributed by atoms with van der Waals surface area (Å²) in [6.07, 6.45) is 4.17. The van der Waals surface area contributed by atoms with E-state index in [0.29, 0.717) is 17.8 Å². The summed E-state index contributed by atoms with van der Waals surface area (Å²) in [7, 11) is 0. The van der Waals surface area contributed by atoms with Crippen LogP contribution in [0.15, 0.2) is 10.6 Å². The van der Waals surface area contributed by atoms with E-state index in [2.05, 4.69) is 48.5 Å². The Balaban J connectivity index is 0.00000176. The van der Waals surface area contributed by atoms with Crippen LogP contribution in [0.5, 0.6) is 0 Å². The average molecular weight is 325 g/mol. The van der Waals surface area contributed by atoms with E-state index in [1.165, 1.54) is 5.69 Å². The third-order valence-electron chi connectivity index (χ3n) is 4.60. The van der Waals surface area contributed by atoms with Crippen molar-refractivity contribution in [3.8, 4) is 11.5 Å². The predicted octanol–water partition coefficient (Wildman–Crippen LogP) is 3.89. The van der Waals surface area contributed by atoms with Crippen molar-refractivity contribution in [1.82, 2.24) is 14.7 Å². The smallest absolute Gasteiger partial charge is 0.259 e. The summed E-state index contributed by atoms with van der Waals surface area (Å²) in [5.41, 5.74) is 9.39. The van der Waals surface area contributed by atoms with Gasteiger partial charge < -0.3 is 14.8 Å². The monoisotopic (exact) mass is 324 g/mol. The van der Waals surface area contributed by atoms with Gasteiger partial charge in [0, 0.05) is 17.4 Å². The molecule has 2 N–H and O–H groups in total. The molecule has 1 fully saturated rings. The van der Waals surface area contributed by atoms with E-state index in [4.69, 9.17) is 10.3 Å². The van der Waals surface area contributed by atoms with Gasteiger partial charge in [-0.2, -0.15) is 4.98 Å². The third-order valence-corrected chi connectivity index (χ3v) is 4.60. The summed E-state index contributed by atoms with van der Waals surface area (Å²) in [5, 5.41) is 4.15. The van der Waals surface area contributed by atoms with Crippen LogP contribution in [0, 0.1) is 13.8 Å². The topological polar surface area (TPSA) is 69.9 Å². The van der Waals surface area contributed by atoms with E-state index in [1.807, 2.05) is 0 Å². The maximum atomic E-state index is 6.40. The maximum Gasteiger partial charge on any atom is 0.259 e. The van der Waals surface area contributed by atoms with E-state index in [1.54, 1.807) is 0 Å². The molecule has 0 aromatic carbocycles. The summed E-state index contributed by atoms with van der Waals surface area (Å²) >= 11 is 0. The molecule has 0 radical (unpaired) electrons. The van der Waals surface area contributed by atoms with Crippen molar-refractivity contribution in [2.24, 2.45) is 5.73 Å². The molecule has 122 valence electrons. The zero-order chi connectivity index (χ0) is 15.2. The second kappa shape index (κ2) is 6.05. The van der Waals surface area contributed by atoms with Crippen LogP contribution in [0.1, 0.15) is 62.8 Å². The van der Waals surface area contributed by atoms with Gasteiger partial charge in [0.1, 0.15) is 0 Å². The van der Waals surface area contributed by atoms with Crippen molar-refractivity contribution in [2.75, 3.05) is 0 Å². The number of hydrogen-bond acceptors (Lipinski definition) is 4. The van der Waals surface area contributed by atoms with Crippen molar-refractivity contribution < 1.29 is 4.52 Å². The van der Waals surface area contributed by atoms with Crippen molar-refractivity contribution in [3.63, 3.8) is 0 Å². The first kappa shape index (κ1) is 17.0. The van der Waals surface area contributed by atoms with Gasteiger partial charge in [0.15, 0.2) is 5.82 Å². The second-order valence-electron chi connectivity index (χ2n) is 6.53. The fraction of sp³-hybridized carbons (Fsp3) is 0.625. The Bertz CT molecular complexity index is 653. The normalized spacial score (nSPS) is 17.0. The number of nitrogens with zero attached hydrogens (tertiary/aromatic N) is 3.